The quantitative estimate of drug-likeness (QED) is 0.724. The van der Waals surface area contributed by atoms with Gasteiger partial charge in [0.05, 0.1) is 0 Å². The Kier molecular flexibility index (Phi) is 6.68. The van der Waals surface area contributed by atoms with E-state index in [2.05, 4.69) is 68.8 Å². The summed E-state index contributed by atoms with van der Waals surface area (Å²) >= 11 is 4.48. The van der Waals surface area contributed by atoms with Gasteiger partial charge in [-0.25, -0.2) is 0 Å². The molecule has 0 amide bonds. The van der Waals surface area contributed by atoms with Gasteiger partial charge in [0.2, 0.25) is 0 Å². The van der Waals surface area contributed by atoms with Crippen LogP contribution in [0, 0.1) is 5.92 Å². The Bertz CT molecular complexity index is 297. The summed E-state index contributed by atoms with van der Waals surface area (Å²) in [7, 11) is 2.21. The number of thiol groups is 1. The molecule has 1 unspecified atom stereocenters. The van der Waals surface area contributed by atoms with Crippen LogP contribution in [0.1, 0.15) is 31.7 Å². The number of benzene rings is 1. The van der Waals surface area contributed by atoms with Gasteiger partial charge in [-0.15, -0.1) is 0 Å². The van der Waals surface area contributed by atoms with Crippen LogP contribution >= 0.6 is 12.6 Å². The summed E-state index contributed by atoms with van der Waals surface area (Å²) in [4.78, 5) is 2.42. The van der Waals surface area contributed by atoms with Crippen molar-refractivity contribution in [2.75, 3.05) is 25.9 Å². The maximum absolute atomic E-state index is 4.48. The van der Waals surface area contributed by atoms with Crippen LogP contribution in [-0.4, -0.2) is 30.8 Å². The lowest BCUT2D eigenvalue weighted by Gasteiger charge is -2.24. The maximum atomic E-state index is 4.48. The van der Waals surface area contributed by atoms with Gasteiger partial charge >= 0.3 is 0 Å². The van der Waals surface area contributed by atoms with E-state index in [0.717, 1.165) is 18.2 Å². The first-order valence-electron chi connectivity index (χ1n) is 6.47. The summed E-state index contributed by atoms with van der Waals surface area (Å²) < 4.78 is 0. The van der Waals surface area contributed by atoms with E-state index in [1.807, 2.05) is 0 Å². The summed E-state index contributed by atoms with van der Waals surface area (Å²) in [5, 5.41) is 0. The van der Waals surface area contributed by atoms with Gasteiger partial charge in [-0.3, -0.25) is 0 Å². The molecule has 0 spiro atoms. The molecule has 1 atom stereocenters. The molecule has 17 heavy (non-hydrogen) atoms. The molecule has 0 N–H and O–H groups in total. The van der Waals surface area contributed by atoms with Crippen molar-refractivity contribution in [3.63, 3.8) is 0 Å². The number of nitrogens with zero attached hydrogens (tertiary/aromatic N) is 1. The van der Waals surface area contributed by atoms with Crippen molar-refractivity contribution in [1.82, 2.24) is 4.90 Å². The van der Waals surface area contributed by atoms with E-state index in [0.29, 0.717) is 5.92 Å². The number of rotatable bonds is 7. The number of hydrogen-bond acceptors (Lipinski definition) is 2. The Hall–Kier alpha value is -0.470. The summed E-state index contributed by atoms with van der Waals surface area (Å²) in [6.45, 7) is 6.83. The minimum atomic E-state index is 0.539. The van der Waals surface area contributed by atoms with Gasteiger partial charge in [0, 0.05) is 12.5 Å². The van der Waals surface area contributed by atoms with Crippen LogP contribution < -0.4 is 0 Å². The molecule has 0 heterocycles. The Morgan fingerprint density at radius 1 is 1.18 bits per heavy atom. The van der Waals surface area contributed by atoms with Crippen LogP contribution in [0.5, 0.6) is 0 Å². The zero-order valence-electron chi connectivity index (χ0n) is 11.3. The van der Waals surface area contributed by atoms with Crippen LogP contribution in [0.2, 0.25) is 0 Å². The normalized spacial score (nSPS) is 13.3. The van der Waals surface area contributed by atoms with E-state index in [1.165, 1.54) is 18.5 Å². The van der Waals surface area contributed by atoms with Gasteiger partial charge in [0.25, 0.3) is 0 Å². The third-order valence-corrected chi connectivity index (χ3v) is 3.55. The van der Waals surface area contributed by atoms with Gasteiger partial charge in [-0.1, -0.05) is 44.2 Å². The van der Waals surface area contributed by atoms with E-state index in [9.17, 15) is 0 Å². The fraction of sp³-hybridized carbons (Fsp3) is 0.600. The molecule has 0 radical (unpaired) electrons. The van der Waals surface area contributed by atoms with Gasteiger partial charge in [-0.05, 0) is 37.2 Å². The van der Waals surface area contributed by atoms with Gasteiger partial charge in [0.1, 0.15) is 0 Å². The summed E-state index contributed by atoms with van der Waals surface area (Å²) in [5.74, 6) is 2.23. The first-order chi connectivity index (χ1) is 8.13. The second kappa shape index (κ2) is 7.78. The van der Waals surface area contributed by atoms with E-state index in [4.69, 9.17) is 0 Å². The van der Waals surface area contributed by atoms with Crippen molar-refractivity contribution < 1.29 is 0 Å². The molecule has 0 aliphatic carbocycles. The average Bonchev–Trinajstić information content (AvgIpc) is 2.34. The third-order valence-electron chi connectivity index (χ3n) is 3.11. The second-order valence-corrected chi connectivity index (χ2v) is 5.60. The molecule has 1 aromatic rings. The van der Waals surface area contributed by atoms with Crippen LogP contribution in [0.25, 0.3) is 0 Å². The lowest BCUT2D eigenvalue weighted by molar-refractivity contribution is 0.298. The first kappa shape index (κ1) is 14.6. The molecule has 1 nitrogen and oxygen atoms in total. The van der Waals surface area contributed by atoms with Gasteiger partial charge in [-0.2, -0.15) is 12.6 Å². The van der Waals surface area contributed by atoms with E-state index in [1.54, 1.807) is 0 Å². The van der Waals surface area contributed by atoms with Gasteiger partial charge < -0.3 is 4.90 Å². The van der Waals surface area contributed by atoms with Crippen molar-refractivity contribution in [3.05, 3.63) is 35.9 Å². The Balaban J connectivity index is 2.47. The fourth-order valence-electron chi connectivity index (χ4n) is 1.94. The number of likely N-dealkylation sites (N-methyl/N-ethyl adjacent to an activating group) is 1. The van der Waals surface area contributed by atoms with Gasteiger partial charge in [0.15, 0.2) is 0 Å². The average molecular weight is 251 g/mol. The molecule has 0 aliphatic heterocycles. The van der Waals surface area contributed by atoms with Crippen molar-refractivity contribution in [3.8, 4) is 0 Å². The smallest absolute Gasteiger partial charge is 0.00551 e. The zero-order chi connectivity index (χ0) is 12.7. The molecule has 1 rings (SSSR count). The summed E-state index contributed by atoms with van der Waals surface area (Å²) in [6.07, 6.45) is 1.27. The highest BCUT2D eigenvalue weighted by molar-refractivity contribution is 7.80. The van der Waals surface area contributed by atoms with E-state index in [-0.39, 0.29) is 0 Å². The highest BCUT2D eigenvalue weighted by atomic mass is 32.1. The molecular weight excluding hydrogens is 226 g/mol. The molecule has 96 valence electrons. The van der Waals surface area contributed by atoms with Crippen molar-refractivity contribution >= 4 is 12.6 Å². The van der Waals surface area contributed by atoms with Crippen molar-refractivity contribution in [2.45, 2.75) is 26.2 Å². The van der Waals surface area contributed by atoms with E-state index < -0.39 is 0 Å². The van der Waals surface area contributed by atoms with Crippen LogP contribution in [0.3, 0.4) is 0 Å². The second-order valence-electron chi connectivity index (χ2n) is 5.23. The lowest BCUT2D eigenvalue weighted by atomic mass is 10.0. The van der Waals surface area contributed by atoms with Crippen LogP contribution in [0.15, 0.2) is 30.3 Å². The molecule has 0 aromatic heterocycles. The molecule has 1 aromatic carbocycles. The molecule has 0 bridgehead atoms. The predicted molar refractivity (Wildman–Crippen MR) is 80.0 cm³/mol. The largest absolute Gasteiger partial charge is 0.306 e. The Morgan fingerprint density at radius 2 is 1.82 bits per heavy atom. The minimum Gasteiger partial charge on any atom is -0.306 e. The van der Waals surface area contributed by atoms with Crippen molar-refractivity contribution in [1.29, 1.82) is 0 Å². The minimum absolute atomic E-state index is 0.539. The van der Waals surface area contributed by atoms with E-state index >= 15 is 0 Å². The Labute approximate surface area is 112 Å². The SMILES string of the molecule is CC(C)CCN(C)CC(CS)c1ccccc1. The molecule has 0 fully saturated rings. The standard InChI is InChI=1S/C15H25NS/c1-13(2)9-10-16(3)11-15(12-17)14-7-5-4-6-8-14/h4-8,13,15,17H,9-12H2,1-3H3. The lowest BCUT2D eigenvalue weighted by Crippen LogP contribution is -2.27. The molecule has 2 heteroatoms. The molecular formula is C15H25NS. The summed E-state index contributed by atoms with van der Waals surface area (Å²) in [5.41, 5.74) is 1.40. The summed E-state index contributed by atoms with van der Waals surface area (Å²) in [6, 6.07) is 10.7. The fourth-order valence-corrected chi connectivity index (χ4v) is 2.27. The monoisotopic (exact) mass is 251 g/mol. The van der Waals surface area contributed by atoms with Crippen LogP contribution in [-0.2, 0) is 0 Å². The molecule has 0 aliphatic rings. The predicted octanol–water partition coefficient (Wildman–Crippen LogP) is 3.68. The molecule has 0 saturated heterocycles. The molecule has 0 saturated carbocycles. The maximum Gasteiger partial charge on any atom is 0.00551 e. The van der Waals surface area contributed by atoms with Crippen molar-refractivity contribution in [2.24, 2.45) is 5.92 Å². The first-order valence-corrected chi connectivity index (χ1v) is 7.11. The Morgan fingerprint density at radius 3 is 2.35 bits per heavy atom. The third kappa shape index (κ3) is 5.60. The number of hydrogen-bond donors (Lipinski definition) is 1. The topological polar surface area (TPSA) is 3.24 Å². The zero-order valence-corrected chi connectivity index (χ0v) is 12.2. The van der Waals surface area contributed by atoms with Crippen LogP contribution in [0.4, 0.5) is 0 Å². The highest BCUT2D eigenvalue weighted by Crippen LogP contribution is 2.18. The highest BCUT2D eigenvalue weighted by Gasteiger charge is 2.12.